The molecule has 146 valence electrons. The van der Waals surface area contributed by atoms with Crippen LogP contribution in [0, 0.1) is 0 Å². The van der Waals surface area contributed by atoms with Gasteiger partial charge in [0.2, 0.25) is 5.95 Å². The van der Waals surface area contributed by atoms with Gasteiger partial charge < -0.3 is 4.90 Å². The molecule has 7 heteroatoms. The number of hydrogen-bond donors (Lipinski definition) is 0. The van der Waals surface area contributed by atoms with Crippen LogP contribution in [-0.2, 0) is 13.6 Å². The lowest BCUT2D eigenvalue weighted by molar-refractivity contribution is 0.245. The fourth-order valence-corrected chi connectivity index (χ4v) is 4.04. The highest BCUT2D eigenvalue weighted by Gasteiger charge is 2.30. The minimum absolute atomic E-state index is 0.246. The predicted molar refractivity (Wildman–Crippen MR) is 112 cm³/mol. The van der Waals surface area contributed by atoms with Crippen LogP contribution in [0.25, 0.3) is 11.1 Å². The van der Waals surface area contributed by atoms with Crippen LogP contribution in [-0.4, -0.2) is 45.3 Å². The van der Waals surface area contributed by atoms with E-state index < -0.39 is 0 Å². The maximum Gasteiger partial charge on any atom is 0.225 e. The molecule has 1 aliphatic rings. The molecule has 0 N–H and O–H groups in total. The molecule has 4 rings (SSSR count). The molecule has 0 aliphatic carbocycles. The van der Waals surface area contributed by atoms with Crippen LogP contribution in [0.15, 0.2) is 42.9 Å². The molecule has 1 atom stereocenters. The first-order valence-electron chi connectivity index (χ1n) is 9.53. The zero-order valence-electron chi connectivity index (χ0n) is 16.5. The molecule has 3 aromatic rings. The van der Waals surface area contributed by atoms with Crippen LogP contribution in [0.5, 0.6) is 0 Å². The molecular formula is C21H25ClN6. The number of halogens is 1. The van der Waals surface area contributed by atoms with Gasteiger partial charge in [-0.3, -0.25) is 9.58 Å². The Kier molecular flexibility index (Phi) is 5.33. The lowest BCUT2D eigenvalue weighted by Gasteiger charge is -2.26. The van der Waals surface area contributed by atoms with Gasteiger partial charge in [-0.1, -0.05) is 23.7 Å². The highest BCUT2D eigenvalue weighted by molar-refractivity contribution is 6.30. The molecule has 3 heterocycles. The Morgan fingerprint density at radius 3 is 2.82 bits per heavy atom. The molecule has 28 heavy (non-hydrogen) atoms. The second-order valence-corrected chi connectivity index (χ2v) is 7.96. The van der Waals surface area contributed by atoms with Gasteiger partial charge in [-0.25, -0.2) is 9.97 Å². The van der Waals surface area contributed by atoms with Crippen LogP contribution in [0.3, 0.4) is 0 Å². The SMILES string of the molecule is CN(C)c1ncc(-c2cccc(Cl)c2)c(C2CCCN2Cc2cnn(C)c2)n1. The molecule has 2 aromatic heterocycles. The van der Waals surface area contributed by atoms with E-state index in [0.29, 0.717) is 0 Å². The molecule has 0 spiro atoms. The summed E-state index contributed by atoms with van der Waals surface area (Å²) in [5, 5.41) is 5.03. The Hall–Kier alpha value is -2.44. The van der Waals surface area contributed by atoms with Crippen LogP contribution < -0.4 is 4.90 Å². The Morgan fingerprint density at radius 2 is 2.11 bits per heavy atom. The molecule has 1 fully saturated rings. The van der Waals surface area contributed by atoms with Crippen molar-refractivity contribution < 1.29 is 0 Å². The summed E-state index contributed by atoms with van der Waals surface area (Å²) < 4.78 is 1.85. The Labute approximate surface area is 170 Å². The molecule has 1 aromatic carbocycles. The molecule has 0 bridgehead atoms. The fraction of sp³-hybridized carbons (Fsp3) is 0.381. The third-order valence-electron chi connectivity index (χ3n) is 5.16. The maximum absolute atomic E-state index is 6.26. The van der Waals surface area contributed by atoms with Gasteiger partial charge in [0.05, 0.1) is 17.9 Å². The second kappa shape index (κ2) is 7.89. The highest BCUT2D eigenvalue weighted by Crippen LogP contribution is 2.38. The quantitative estimate of drug-likeness (QED) is 0.653. The zero-order chi connectivity index (χ0) is 19.7. The number of hydrogen-bond acceptors (Lipinski definition) is 5. The number of benzene rings is 1. The third kappa shape index (κ3) is 3.88. The average Bonchev–Trinajstić information content (AvgIpc) is 3.30. The summed E-state index contributed by atoms with van der Waals surface area (Å²) in [6.07, 6.45) is 8.19. The molecule has 6 nitrogen and oxygen atoms in total. The summed E-state index contributed by atoms with van der Waals surface area (Å²) in [6, 6.07) is 8.17. The standard InChI is InChI=1S/C21H25ClN6/c1-26(2)21-23-12-18(16-6-4-7-17(22)10-16)20(25-21)19-8-5-9-28(19)14-15-11-24-27(3)13-15/h4,6-7,10-13,19H,5,8-9,14H2,1-3H3. The molecule has 1 unspecified atom stereocenters. The lowest BCUT2D eigenvalue weighted by Crippen LogP contribution is -2.25. The van der Waals surface area contributed by atoms with E-state index in [2.05, 4.69) is 27.2 Å². The van der Waals surface area contributed by atoms with E-state index in [9.17, 15) is 0 Å². The summed E-state index contributed by atoms with van der Waals surface area (Å²) >= 11 is 6.26. The van der Waals surface area contributed by atoms with E-state index in [0.717, 1.165) is 53.7 Å². The third-order valence-corrected chi connectivity index (χ3v) is 5.40. The van der Waals surface area contributed by atoms with E-state index in [4.69, 9.17) is 16.6 Å². The van der Waals surface area contributed by atoms with Crippen LogP contribution in [0.2, 0.25) is 5.02 Å². The highest BCUT2D eigenvalue weighted by atomic mass is 35.5. The van der Waals surface area contributed by atoms with Crippen LogP contribution >= 0.6 is 11.6 Å². The predicted octanol–water partition coefficient (Wildman–Crippen LogP) is 3.93. The Balaban J connectivity index is 1.74. The van der Waals surface area contributed by atoms with Crippen molar-refractivity contribution in [2.24, 2.45) is 7.05 Å². The summed E-state index contributed by atoms with van der Waals surface area (Å²) in [5.74, 6) is 0.731. The van der Waals surface area contributed by atoms with E-state index in [1.165, 1.54) is 5.56 Å². The molecule has 0 saturated carbocycles. The average molecular weight is 397 g/mol. The summed E-state index contributed by atoms with van der Waals surface area (Å²) in [5.41, 5.74) is 4.40. The largest absolute Gasteiger partial charge is 0.347 e. The smallest absolute Gasteiger partial charge is 0.225 e. The van der Waals surface area contributed by atoms with Crippen molar-refractivity contribution in [3.05, 3.63) is 59.1 Å². The normalized spacial score (nSPS) is 17.2. The van der Waals surface area contributed by atoms with Gasteiger partial charge in [-0.2, -0.15) is 5.10 Å². The van der Waals surface area contributed by atoms with Crippen molar-refractivity contribution in [3.8, 4) is 11.1 Å². The number of aromatic nitrogens is 4. The first kappa shape index (κ1) is 18.9. The Morgan fingerprint density at radius 1 is 1.25 bits per heavy atom. The second-order valence-electron chi connectivity index (χ2n) is 7.52. The molecule has 1 saturated heterocycles. The first-order valence-corrected chi connectivity index (χ1v) is 9.91. The first-order chi connectivity index (χ1) is 13.5. The van der Waals surface area contributed by atoms with Gasteiger partial charge in [0, 0.05) is 56.2 Å². The van der Waals surface area contributed by atoms with E-state index >= 15 is 0 Å². The molecule has 1 aliphatic heterocycles. The van der Waals surface area contributed by atoms with Crippen LogP contribution in [0.4, 0.5) is 5.95 Å². The summed E-state index contributed by atoms with van der Waals surface area (Å²) in [4.78, 5) is 14.0. The molecular weight excluding hydrogens is 372 g/mol. The zero-order valence-corrected chi connectivity index (χ0v) is 17.3. The van der Waals surface area contributed by atoms with Crippen molar-refractivity contribution in [1.82, 2.24) is 24.6 Å². The molecule has 0 radical (unpaired) electrons. The fourth-order valence-electron chi connectivity index (χ4n) is 3.85. The van der Waals surface area contributed by atoms with E-state index in [1.807, 2.05) is 61.3 Å². The number of aryl methyl sites for hydroxylation is 1. The van der Waals surface area contributed by atoms with Crippen molar-refractivity contribution in [1.29, 1.82) is 0 Å². The summed E-state index contributed by atoms with van der Waals surface area (Å²) in [6.45, 7) is 1.92. The lowest BCUT2D eigenvalue weighted by atomic mass is 9.99. The Bertz CT molecular complexity index is 967. The van der Waals surface area contributed by atoms with Gasteiger partial charge in [0.1, 0.15) is 0 Å². The van der Waals surface area contributed by atoms with Gasteiger partial charge in [-0.05, 0) is 37.1 Å². The topological polar surface area (TPSA) is 50.1 Å². The van der Waals surface area contributed by atoms with Gasteiger partial charge in [0.15, 0.2) is 0 Å². The minimum Gasteiger partial charge on any atom is -0.347 e. The van der Waals surface area contributed by atoms with Crippen LogP contribution in [0.1, 0.15) is 30.1 Å². The maximum atomic E-state index is 6.26. The van der Waals surface area contributed by atoms with Crippen molar-refractivity contribution in [2.45, 2.75) is 25.4 Å². The number of rotatable bonds is 5. The van der Waals surface area contributed by atoms with Gasteiger partial charge in [0.25, 0.3) is 0 Å². The number of nitrogens with zero attached hydrogens (tertiary/aromatic N) is 6. The van der Waals surface area contributed by atoms with Crippen molar-refractivity contribution in [2.75, 3.05) is 25.5 Å². The van der Waals surface area contributed by atoms with E-state index in [1.54, 1.807) is 0 Å². The van der Waals surface area contributed by atoms with Gasteiger partial charge >= 0.3 is 0 Å². The van der Waals surface area contributed by atoms with Crippen molar-refractivity contribution >= 4 is 17.5 Å². The number of anilines is 1. The van der Waals surface area contributed by atoms with Gasteiger partial charge in [-0.15, -0.1) is 0 Å². The minimum atomic E-state index is 0.246. The molecule has 0 amide bonds. The summed E-state index contributed by atoms with van der Waals surface area (Å²) in [7, 11) is 5.90. The number of likely N-dealkylation sites (tertiary alicyclic amines) is 1. The monoisotopic (exact) mass is 396 g/mol. The van der Waals surface area contributed by atoms with E-state index in [-0.39, 0.29) is 6.04 Å². The van der Waals surface area contributed by atoms with Crippen molar-refractivity contribution in [3.63, 3.8) is 0 Å².